The Kier molecular flexibility index (Phi) is 7.54. The van der Waals surface area contributed by atoms with Crippen molar-refractivity contribution in [3.8, 4) is 22.4 Å². The highest BCUT2D eigenvalue weighted by atomic mass is 19.1. The van der Waals surface area contributed by atoms with Gasteiger partial charge < -0.3 is 0 Å². The van der Waals surface area contributed by atoms with E-state index in [0.29, 0.717) is 0 Å². The molecule has 0 bridgehead atoms. The van der Waals surface area contributed by atoms with Crippen molar-refractivity contribution in [3.63, 3.8) is 0 Å². The third-order valence-electron chi connectivity index (χ3n) is 12.2. The maximum atomic E-state index is 18.9. The third-order valence-corrected chi connectivity index (χ3v) is 12.2. The Morgan fingerprint density at radius 3 is 1.41 bits per heavy atom. The Morgan fingerprint density at radius 2 is 0.831 bits per heavy atom. The van der Waals surface area contributed by atoms with E-state index in [1.165, 1.54) is 10.8 Å². The Bertz CT molecular complexity index is 3460. The van der Waals surface area contributed by atoms with Crippen LogP contribution in [0.3, 0.4) is 0 Å². The molecule has 0 atom stereocenters. The van der Waals surface area contributed by atoms with Gasteiger partial charge in [-0.3, -0.25) is 4.48 Å². The molecule has 0 unspecified atom stereocenters. The summed E-state index contributed by atoms with van der Waals surface area (Å²) in [5.41, 5.74) is 11.4. The van der Waals surface area contributed by atoms with E-state index in [-0.39, 0.29) is 0 Å². The van der Waals surface area contributed by atoms with Crippen LogP contribution in [0.1, 0.15) is 22.4 Å². The molecule has 2 aliphatic heterocycles. The average molecular weight is 754 g/mol. The van der Waals surface area contributed by atoms with Crippen LogP contribution in [0.4, 0.5) is 4.32 Å². The van der Waals surface area contributed by atoms with E-state index >= 15 is 4.32 Å². The van der Waals surface area contributed by atoms with Gasteiger partial charge in [0.2, 0.25) is 5.70 Å². The van der Waals surface area contributed by atoms with Gasteiger partial charge in [-0.25, -0.2) is 8.80 Å². The lowest BCUT2D eigenvalue weighted by atomic mass is 9.84. The topological polar surface area (TPSA) is 7.94 Å². The second kappa shape index (κ2) is 13.3. The van der Waals surface area contributed by atoms with Crippen molar-refractivity contribution in [2.24, 2.45) is 0 Å². The van der Waals surface area contributed by atoms with E-state index in [1.54, 1.807) is 0 Å². The Morgan fingerprint density at radius 1 is 0.390 bits per heavy atom. The van der Waals surface area contributed by atoms with E-state index < -0.39 is 7.26 Å². The van der Waals surface area contributed by atoms with Gasteiger partial charge in [-0.1, -0.05) is 170 Å². The SMILES string of the molecule is FB1n2c(-c3ccc4ccccc4c3)cc(-c3ccc4ccccc4c3)c2C(c2ccccc2)=C2C(c3ccc4ccccc4c3)=CC(c3ccc4ccccc4c3)=[N+]12. The smallest absolute Gasteiger partial charge is 0.285 e. The minimum Gasteiger partial charge on any atom is -0.285 e. The van der Waals surface area contributed by atoms with Gasteiger partial charge >= 0.3 is 7.26 Å². The van der Waals surface area contributed by atoms with E-state index in [0.717, 1.165) is 99.6 Å². The maximum Gasteiger partial charge on any atom is 0.847 e. The number of halogens is 1. The molecule has 59 heavy (non-hydrogen) atoms. The predicted molar refractivity (Wildman–Crippen MR) is 245 cm³/mol. The molecule has 9 aromatic carbocycles. The Hall–Kier alpha value is -7.56. The van der Waals surface area contributed by atoms with Crippen LogP contribution in [0.15, 0.2) is 218 Å². The summed E-state index contributed by atoms with van der Waals surface area (Å²) < 4.78 is 22.8. The lowest BCUT2D eigenvalue weighted by molar-refractivity contribution is -0.332. The van der Waals surface area contributed by atoms with Gasteiger partial charge in [0, 0.05) is 22.9 Å². The average Bonchev–Trinajstić information content (AvgIpc) is 3.90. The third kappa shape index (κ3) is 5.37. The molecular weight excluding hydrogens is 718 g/mol. The molecule has 4 heteroatoms. The van der Waals surface area contributed by atoms with Gasteiger partial charge in [-0.2, -0.15) is 0 Å². The van der Waals surface area contributed by atoms with Gasteiger partial charge in [0.15, 0.2) is 5.71 Å². The number of benzene rings is 9. The number of fused-ring (bicyclic) bond motifs is 6. The highest BCUT2D eigenvalue weighted by molar-refractivity contribution is 6.46. The monoisotopic (exact) mass is 753 g/mol. The number of hydrogen-bond acceptors (Lipinski definition) is 0. The summed E-state index contributed by atoms with van der Waals surface area (Å²) in [4.78, 5) is 0. The first kappa shape index (κ1) is 33.6. The highest BCUT2D eigenvalue weighted by Crippen LogP contribution is 2.49. The number of allylic oxidation sites excluding steroid dienone is 2. The second-order valence-electron chi connectivity index (χ2n) is 15.6. The van der Waals surface area contributed by atoms with Crippen LogP contribution in [0.25, 0.3) is 76.6 Å². The van der Waals surface area contributed by atoms with Crippen LogP contribution in [0.5, 0.6) is 0 Å². The molecule has 0 spiro atoms. The number of aromatic nitrogens is 1. The summed E-state index contributed by atoms with van der Waals surface area (Å²) in [7, 11) is -1.57. The predicted octanol–water partition coefficient (Wildman–Crippen LogP) is 13.6. The molecular formula is C55H35BFN2+. The normalized spacial score (nSPS) is 13.8. The first-order valence-electron chi connectivity index (χ1n) is 20.2. The summed E-state index contributed by atoms with van der Waals surface area (Å²) in [6, 6.07) is 72.7. The van der Waals surface area contributed by atoms with Gasteiger partial charge in [-0.05, 0) is 102 Å². The van der Waals surface area contributed by atoms with Crippen molar-refractivity contribution in [1.82, 2.24) is 4.48 Å². The summed E-state index contributed by atoms with van der Waals surface area (Å²) in [6.07, 6.45) is 2.22. The van der Waals surface area contributed by atoms with Crippen LogP contribution >= 0.6 is 0 Å². The van der Waals surface area contributed by atoms with E-state index in [9.17, 15) is 0 Å². The lowest BCUT2D eigenvalue weighted by Gasteiger charge is -2.24. The minimum absolute atomic E-state index is 0.825. The zero-order valence-electron chi connectivity index (χ0n) is 32.1. The fraction of sp³-hybridized carbons (Fsp3) is 0. The van der Waals surface area contributed by atoms with E-state index in [1.807, 2.05) is 8.96 Å². The number of rotatable bonds is 5. The Labute approximate surface area is 341 Å². The number of nitrogens with zero attached hydrogens (tertiary/aromatic N) is 2. The van der Waals surface area contributed by atoms with Crippen molar-refractivity contribution in [3.05, 3.63) is 240 Å². The van der Waals surface area contributed by atoms with Gasteiger partial charge in [0.25, 0.3) is 0 Å². The van der Waals surface area contributed by atoms with Crippen LogP contribution < -0.4 is 0 Å². The van der Waals surface area contributed by atoms with Crippen LogP contribution in [-0.4, -0.2) is 21.9 Å². The second-order valence-corrected chi connectivity index (χ2v) is 15.6. The highest BCUT2D eigenvalue weighted by Gasteiger charge is 2.54. The first-order valence-corrected chi connectivity index (χ1v) is 20.2. The fourth-order valence-corrected chi connectivity index (χ4v) is 9.40. The molecule has 3 heterocycles. The van der Waals surface area contributed by atoms with Gasteiger partial charge in [0.1, 0.15) is 0 Å². The quantitative estimate of drug-likeness (QED) is 0.155. The molecule has 10 aromatic rings. The number of hydrogen-bond donors (Lipinski definition) is 0. The molecule has 0 fully saturated rings. The zero-order chi connectivity index (χ0) is 39.0. The van der Waals surface area contributed by atoms with Crippen LogP contribution in [0.2, 0.25) is 0 Å². The minimum atomic E-state index is -1.57. The lowest BCUT2D eigenvalue weighted by Crippen LogP contribution is -2.41. The summed E-state index contributed by atoms with van der Waals surface area (Å²) in [5.74, 6) is 0. The molecule has 1 aromatic heterocycles. The van der Waals surface area contributed by atoms with Gasteiger partial charge in [0.05, 0.1) is 16.8 Å². The molecule has 0 saturated heterocycles. The molecule has 0 saturated carbocycles. The van der Waals surface area contributed by atoms with Crippen molar-refractivity contribution in [2.75, 3.05) is 0 Å². The van der Waals surface area contributed by atoms with Crippen LogP contribution in [0, 0.1) is 0 Å². The summed E-state index contributed by atoms with van der Waals surface area (Å²) in [6.45, 7) is 0. The molecule has 0 amide bonds. The fourth-order valence-electron chi connectivity index (χ4n) is 9.40. The largest absolute Gasteiger partial charge is 0.847 e. The van der Waals surface area contributed by atoms with Crippen LogP contribution in [-0.2, 0) is 0 Å². The van der Waals surface area contributed by atoms with E-state index in [4.69, 9.17) is 0 Å². The van der Waals surface area contributed by atoms with Crippen molar-refractivity contribution in [2.45, 2.75) is 0 Å². The molecule has 0 N–H and O–H groups in total. The zero-order valence-corrected chi connectivity index (χ0v) is 32.1. The van der Waals surface area contributed by atoms with Gasteiger partial charge in [-0.15, -0.1) is 0 Å². The first-order chi connectivity index (χ1) is 29.2. The molecule has 2 nitrogen and oxygen atoms in total. The van der Waals surface area contributed by atoms with Crippen molar-refractivity contribution in [1.29, 1.82) is 0 Å². The summed E-state index contributed by atoms with van der Waals surface area (Å²) >= 11 is 0. The molecule has 2 aliphatic rings. The maximum absolute atomic E-state index is 18.9. The molecule has 12 rings (SSSR count). The molecule has 0 radical (unpaired) electrons. The molecule has 0 aliphatic carbocycles. The van der Waals surface area contributed by atoms with E-state index in [2.05, 4.69) is 212 Å². The Balaban J connectivity index is 1.22. The van der Waals surface area contributed by atoms with Crippen molar-refractivity contribution < 1.29 is 8.80 Å². The molecule has 274 valence electrons. The van der Waals surface area contributed by atoms with Crippen molar-refractivity contribution >= 4 is 67.2 Å². The summed E-state index contributed by atoms with van der Waals surface area (Å²) in [5, 5.41) is 9.15. The standard InChI is InChI=1S/C55H35BFN2/c57-56-58-51(47-28-24-38-14-6-10-20-43(38)32-47)34-49(45-26-22-36-12-4-8-18-41(36)30-45)54(58)53(40-16-2-1-3-17-40)55-50(46-27-23-37-13-5-9-19-42(37)31-46)35-52(59(55)56)48-29-25-39-15-7-11-21-44(39)33-48/h1-35H/q+1.